The molecule has 98 valence electrons. The van der Waals surface area contributed by atoms with E-state index in [2.05, 4.69) is 37.4 Å². The van der Waals surface area contributed by atoms with Crippen LogP contribution in [-0.4, -0.2) is 18.1 Å². The second kappa shape index (κ2) is 4.73. The molecule has 2 rings (SSSR count). The summed E-state index contributed by atoms with van der Waals surface area (Å²) in [7, 11) is 1.85. The van der Waals surface area contributed by atoms with E-state index < -0.39 is 11.4 Å². The van der Waals surface area contributed by atoms with E-state index in [4.69, 9.17) is 0 Å². The number of nitrogens with one attached hydrogen (secondary N) is 1. The van der Waals surface area contributed by atoms with Crippen LogP contribution in [0, 0.1) is 19.3 Å². The Hall–Kier alpha value is -1.35. The molecule has 0 heterocycles. The second-order valence-electron chi connectivity index (χ2n) is 5.40. The van der Waals surface area contributed by atoms with Gasteiger partial charge in [-0.2, -0.15) is 0 Å². The van der Waals surface area contributed by atoms with E-state index in [1.54, 1.807) is 0 Å². The van der Waals surface area contributed by atoms with Crippen molar-refractivity contribution in [2.24, 2.45) is 5.41 Å². The molecule has 0 spiro atoms. The van der Waals surface area contributed by atoms with Crippen LogP contribution in [0.2, 0.25) is 0 Å². The fourth-order valence-electron chi connectivity index (χ4n) is 3.06. The van der Waals surface area contributed by atoms with Gasteiger partial charge in [-0.15, -0.1) is 0 Å². The second-order valence-corrected chi connectivity index (χ2v) is 5.40. The molecule has 1 aliphatic carbocycles. The Kier molecular flexibility index (Phi) is 3.44. The van der Waals surface area contributed by atoms with Crippen molar-refractivity contribution >= 4 is 5.97 Å². The zero-order valence-corrected chi connectivity index (χ0v) is 11.3. The molecule has 0 amide bonds. The van der Waals surface area contributed by atoms with Gasteiger partial charge in [0.1, 0.15) is 0 Å². The molecule has 1 aliphatic rings. The van der Waals surface area contributed by atoms with Crippen LogP contribution in [0.3, 0.4) is 0 Å². The maximum Gasteiger partial charge on any atom is 0.311 e. The highest BCUT2D eigenvalue weighted by molar-refractivity contribution is 5.77. The molecule has 0 bridgehead atoms. The fraction of sp³-hybridized carbons (Fsp3) is 0.533. The number of aryl methyl sites for hydroxylation is 2. The highest BCUT2D eigenvalue weighted by atomic mass is 16.4. The number of hydrogen-bond acceptors (Lipinski definition) is 2. The summed E-state index contributed by atoms with van der Waals surface area (Å²) in [6.45, 7) is 4.11. The van der Waals surface area contributed by atoms with Crippen molar-refractivity contribution in [3.63, 3.8) is 0 Å². The molecule has 2 N–H and O–H groups in total. The summed E-state index contributed by atoms with van der Waals surface area (Å²) in [5.74, 6) is -0.673. The van der Waals surface area contributed by atoms with E-state index in [-0.39, 0.29) is 6.04 Å². The molecule has 3 heteroatoms. The minimum Gasteiger partial charge on any atom is -0.481 e. The quantitative estimate of drug-likeness (QED) is 0.860. The van der Waals surface area contributed by atoms with Gasteiger partial charge in [0.25, 0.3) is 0 Å². The number of aliphatic carboxylic acids is 1. The third kappa shape index (κ3) is 1.93. The minimum absolute atomic E-state index is 0.0932. The maximum atomic E-state index is 11.6. The number of carboxylic acids is 1. The molecule has 18 heavy (non-hydrogen) atoms. The molecule has 1 aromatic rings. The zero-order valence-electron chi connectivity index (χ0n) is 11.3. The highest BCUT2D eigenvalue weighted by Gasteiger charge is 2.50. The molecule has 0 aliphatic heterocycles. The van der Waals surface area contributed by atoms with E-state index in [9.17, 15) is 9.90 Å². The standard InChI is InChI=1S/C15H21NO2/c1-10-5-6-12(11(2)9-10)13(16-3)15(14(17)18)7-4-8-15/h5-6,9,13,16H,4,7-8H2,1-3H3,(H,17,18). The molecule has 1 aromatic carbocycles. The molecule has 3 nitrogen and oxygen atoms in total. The summed E-state index contributed by atoms with van der Waals surface area (Å²) in [4.78, 5) is 11.6. The van der Waals surface area contributed by atoms with Gasteiger partial charge in [-0.05, 0) is 44.9 Å². The lowest BCUT2D eigenvalue weighted by molar-refractivity contribution is -0.157. The SMILES string of the molecule is CNC(c1ccc(C)cc1C)C1(C(=O)O)CCC1. The molecule has 1 fully saturated rings. The molecule has 0 aromatic heterocycles. The predicted molar refractivity (Wildman–Crippen MR) is 71.6 cm³/mol. The lowest BCUT2D eigenvalue weighted by atomic mass is 9.62. The van der Waals surface area contributed by atoms with Crippen molar-refractivity contribution in [3.05, 3.63) is 34.9 Å². The Bertz CT molecular complexity index is 464. The molecule has 1 atom stereocenters. The van der Waals surface area contributed by atoms with Gasteiger partial charge in [0, 0.05) is 6.04 Å². The van der Waals surface area contributed by atoms with Crippen LogP contribution < -0.4 is 5.32 Å². The summed E-state index contributed by atoms with van der Waals surface area (Å²) < 4.78 is 0. The van der Waals surface area contributed by atoms with Crippen molar-refractivity contribution in [1.82, 2.24) is 5.32 Å². The summed E-state index contributed by atoms with van der Waals surface area (Å²) in [6, 6.07) is 6.15. The van der Waals surface area contributed by atoms with Gasteiger partial charge in [0.05, 0.1) is 5.41 Å². The molecule has 1 unspecified atom stereocenters. The van der Waals surface area contributed by atoms with E-state index >= 15 is 0 Å². The third-order valence-electron chi connectivity index (χ3n) is 4.25. The first-order valence-corrected chi connectivity index (χ1v) is 6.49. The monoisotopic (exact) mass is 247 g/mol. The maximum absolute atomic E-state index is 11.6. The van der Waals surface area contributed by atoms with Gasteiger partial charge in [0.2, 0.25) is 0 Å². The molecule has 1 saturated carbocycles. The first-order chi connectivity index (χ1) is 8.51. The summed E-state index contributed by atoms with van der Waals surface area (Å²) in [5, 5.41) is 12.8. The number of rotatable bonds is 4. The first kappa shape index (κ1) is 13.1. The molecule has 0 saturated heterocycles. The van der Waals surface area contributed by atoms with Gasteiger partial charge in [-0.25, -0.2) is 0 Å². The molecular weight excluding hydrogens is 226 g/mol. The molecular formula is C15H21NO2. The zero-order chi connectivity index (χ0) is 13.3. The number of carboxylic acid groups (broad SMARTS) is 1. The topological polar surface area (TPSA) is 49.3 Å². The van der Waals surface area contributed by atoms with E-state index in [0.29, 0.717) is 0 Å². The van der Waals surface area contributed by atoms with Crippen LogP contribution in [0.5, 0.6) is 0 Å². The predicted octanol–water partition coefficient (Wildman–Crippen LogP) is 2.82. The van der Waals surface area contributed by atoms with Gasteiger partial charge >= 0.3 is 5.97 Å². The smallest absolute Gasteiger partial charge is 0.311 e. The summed E-state index contributed by atoms with van der Waals surface area (Å²) in [6.07, 6.45) is 2.54. The number of benzene rings is 1. The van der Waals surface area contributed by atoms with Crippen LogP contribution in [-0.2, 0) is 4.79 Å². The van der Waals surface area contributed by atoms with Gasteiger partial charge < -0.3 is 10.4 Å². The number of carbonyl (C=O) groups is 1. The van der Waals surface area contributed by atoms with Crippen molar-refractivity contribution < 1.29 is 9.90 Å². The molecule has 0 radical (unpaired) electrons. The van der Waals surface area contributed by atoms with Gasteiger partial charge in [-0.1, -0.05) is 30.2 Å². The Morgan fingerprint density at radius 1 is 1.39 bits per heavy atom. The Morgan fingerprint density at radius 2 is 2.06 bits per heavy atom. The van der Waals surface area contributed by atoms with E-state index in [1.165, 1.54) is 11.1 Å². The van der Waals surface area contributed by atoms with E-state index in [0.717, 1.165) is 24.8 Å². The van der Waals surface area contributed by atoms with Gasteiger partial charge in [-0.3, -0.25) is 4.79 Å². The van der Waals surface area contributed by atoms with Crippen molar-refractivity contribution in [2.75, 3.05) is 7.05 Å². The highest BCUT2D eigenvalue weighted by Crippen LogP contribution is 2.50. The van der Waals surface area contributed by atoms with Crippen LogP contribution in [0.4, 0.5) is 0 Å². The van der Waals surface area contributed by atoms with Crippen molar-refractivity contribution in [3.8, 4) is 0 Å². The minimum atomic E-state index is -0.673. The lowest BCUT2D eigenvalue weighted by Gasteiger charge is -2.44. The Labute approximate surface area is 108 Å². The van der Waals surface area contributed by atoms with Crippen LogP contribution in [0.15, 0.2) is 18.2 Å². The third-order valence-corrected chi connectivity index (χ3v) is 4.25. The summed E-state index contributed by atoms with van der Waals surface area (Å²) in [5.41, 5.74) is 2.88. The Morgan fingerprint density at radius 3 is 2.44 bits per heavy atom. The average molecular weight is 247 g/mol. The van der Waals surface area contributed by atoms with Crippen LogP contribution >= 0.6 is 0 Å². The number of hydrogen-bond donors (Lipinski definition) is 2. The van der Waals surface area contributed by atoms with E-state index in [1.807, 2.05) is 7.05 Å². The first-order valence-electron chi connectivity index (χ1n) is 6.49. The van der Waals surface area contributed by atoms with Crippen LogP contribution in [0.25, 0.3) is 0 Å². The van der Waals surface area contributed by atoms with Crippen LogP contribution in [0.1, 0.15) is 42.0 Å². The fourth-order valence-corrected chi connectivity index (χ4v) is 3.06. The van der Waals surface area contributed by atoms with Crippen molar-refractivity contribution in [1.29, 1.82) is 0 Å². The lowest BCUT2D eigenvalue weighted by Crippen LogP contribution is -2.48. The summed E-state index contributed by atoms with van der Waals surface area (Å²) >= 11 is 0. The largest absolute Gasteiger partial charge is 0.481 e. The normalized spacial score (nSPS) is 19.1. The van der Waals surface area contributed by atoms with Crippen molar-refractivity contribution in [2.45, 2.75) is 39.2 Å². The average Bonchev–Trinajstić information content (AvgIpc) is 2.23. The Balaban J connectivity index is 2.42. The van der Waals surface area contributed by atoms with Gasteiger partial charge in [0.15, 0.2) is 0 Å².